The summed E-state index contributed by atoms with van der Waals surface area (Å²) >= 11 is 0. The molecule has 38 heavy (non-hydrogen) atoms. The molecule has 0 saturated heterocycles. The van der Waals surface area contributed by atoms with E-state index in [1.165, 1.54) is 24.8 Å². The summed E-state index contributed by atoms with van der Waals surface area (Å²) in [6.45, 7) is 15.2. The maximum Gasteiger partial charge on any atom is 0.270 e. The average molecular weight is 484 g/mol. The topological polar surface area (TPSA) is 155 Å². The predicted molar refractivity (Wildman–Crippen MR) is 134 cm³/mol. The average Bonchev–Trinajstić information content (AvgIpc) is 3.46. The number of hydrogen-bond acceptors (Lipinski definition) is 8. The molecule has 10 heteroatoms. The minimum absolute atomic E-state index is 0.115. The molecular weight excluding hydrogens is 476 g/mol. The molecule has 0 radical (unpaired) electrons. The van der Waals surface area contributed by atoms with Gasteiger partial charge in [-0.3, -0.25) is 0 Å². The number of benzene rings is 1. The molecule has 0 spiro atoms. The number of aromatic nitrogens is 4. The summed E-state index contributed by atoms with van der Waals surface area (Å²) in [5.41, 5.74) is 1.86. The lowest BCUT2D eigenvalue weighted by molar-refractivity contribution is 1.13. The Kier molecular flexibility index (Phi) is 5.55. The van der Waals surface area contributed by atoms with Gasteiger partial charge in [0, 0.05) is 58.2 Å². The molecule has 10 nitrogen and oxygen atoms in total. The Balaban J connectivity index is 1.94. The molecule has 2 aliphatic carbocycles. The molecule has 170 valence electrons. The summed E-state index contributed by atoms with van der Waals surface area (Å²) in [6, 6.07) is 14.4. The summed E-state index contributed by atoms with van der Waals surface area (Å²) in [5, 5.41) is 39.9. The molecule has 2 heterocycles. The Labute approximate surface area is 216 Å². The van der Waals surface area contributed by atoms with E-state index in [1.54, 1.807) is 24.3 Å². The third-order valence-electron chi connectivity index (χ3n) is 5.95. The van der Waals surface area contributed by atoms with Gasteiger partial charge in [-0.2, -0.15) is 10.5 Å². The highest BCUT2D eigenvalue weighted by Gasteiger charge is 2.38. The zero-order valence-electron chi connectivity index (χ0n) is 19.1. The first kappa shape index (κ1) is 23.0. The van der Waals surface area contributed by atoms with Crippen molar-refractivity contribution in [1.82, 2.24) is 19.9 Å². The van der Waals surface area contributed by atoms with Crippen LogP contribution in [0.1, 0.15) is 33.9 Å². The molecule has 2 aromatic heterocycles. The second-order valence-electron chi connectivity index (χ2n) is 7.71. The molecular formula is C28H8N10. The molecule has 5 rings (SSSR count). The fourth-order valence-corrected chi connectivity index (χ4v) is 4.52. The third kappa shape index (κ3) is 3.22. The maximum absolute atomic E-state index is 10.2. The van der Waals surface area contributed by atoms with Crippen molar-refractivity contribution in [2.75, 3.05) is 0 Å². The number of nitrogens with zero attached hydrogens (tertiary/aromatic N) is 10. The predicted octanol–water partition coefficient (Wildman–Crippen LogP) is 4.47. The summed E-state index contributed by atoms with van der Waals surface area (Å²) < 4.78 is 0. The molecule has 0 unspecified atom stereocenters. The first-order valence-electron chi connectivity index (χ1n) is 10.7. The molecule has 0 fully saturated rings. The van der Waals surface area contributed by atoms with Crippen molar-refractivity contribution in [3.05, 3.63) is 117 Å². The van der Waals surface area contributed by atoms with E-state index in [4.69, 9.17) is 13.1 Å². The molecule has 0 bridgehead atoms. The SMILES string of the molecule is [C-]#[N+]/C(C#N)=C1\C(c2ncccn2)=C(C#N)c2cc3c(cc21)C(C#N)=C(c1ncccn1)/C3=C(\C#N)[N+]#[C-]. The lowest BCUT2D eigenvalue weighted by Crippen LogP contribution is -1.96. The third-order valence-corrected chi connectivity index (χ3v) is 5.95. The maximum atomic E-state index is 10.2. The number of rotatable bonds is 2. The minimum atomic E-state index is -0.277. The van der Waals surface area contributed by atoms with E-state index in [0.717, 1.165) is 0 Å². The second-order valence-corrected chi connectivity index (χ2v) is 7.71. The molecule has 1 aromatic carbocycles. The van der Waals surface area contributed by atoms with Gasteiger partial charge in [-0.1, -0.05) is 0 Å². The summed E-state index contributed by atoms with van der Waals surface area (Å²) in [4.78, 5) is 23.7. The minimum Gasteiger partial charge on any atom is -0.237 e. The van der Waals surface area contributed by atoms with Crippen molar-refractivity contribution >= 4 is 33.4 Å². The van der Waals surface area contributed by atoms with Crippen LogP contribution in [0.15, 0.2) is 60.4 Å². The van der Waals surface area contributed by atoms with E-state index < -0.39 is 0 Å². The zero-order chi connectivity index (χ0) is 26.8. The van der Waals surface area contributed by atoms with Gasteiger partial charge in [-0.15, -0.1) is 0 Å². The molecule has 2 aliphatic rings. The standard InChI is InChI=1S/C28H8N10/c1-33-21(13-31)23-17-9-16-18(10-15(17)19(11-29)25(23)27-35-5-3-6-36-27)24(22(14-32)34-2)26(20(16)12-30)28-37-7-4-8-38-28/h3-10H/b23-21-,24-22+. The first-order valence-corrected chi connectivity index (χ1v) is 10.7. The number of hydrogen-bond donors (Lipinski definition) is 0. The lowest BCUT2D eigenvalue weighted by Gasteiger charge is -2.10. The zero-order valence-corrected chi connectivity index (χ0v) is 19.1. The van der Waals surface area contributed by atoms with Crippen LogP contribution in [0, 0.1) is 58.5 Å². The van der Waals surface area contributed by atoms with Gasteiger partial charge in [0.25, 0.3) is 11.4 Å². The van der Waals surface area contributed by atoms with Crippen molar-refractivity contribution in [3.8, 4) is 24.3 Å². The number of fused-ring (bicyclic) bond motifs is 2. The van der Waals surface area contributed by atoms with Crippen molar-refractivity contribution in [2.24, 2.45) is 0 Å². The van der Waals surface area contributed by atoms with Crippen LogP contribution in [0.5, 0.6) is 0 Å². The molecule has 0 N–H and O–H groups in total. The van der Waals surface area contributed by atoms with Crippen molar-refractivity contribution in [1.29, 1.82) is 21.0 Å². The Morgan fingerprint density at radius 1 is 0.605 bits per heavy atom. The van der Waals surface area contributed by atoms with Crippen LogP contribution in [0.25, 0.3) is 43.1 Å². The van der Waals surface area contributed by atoms with E-state index in [-0.39, 0.29) is 56.5 Å². The van der Waals surface area contributed by atoms with E-state index in [1.807, 2.05) is 12.1 Å². The number of allylic oxidation sites excluding steroid dienone is 8. The molecule has 0 aliphatic heterocycles. The molecule has 0 amide bonds. The quantitative estimate of drug-likeness (QED) is 0.381. The Hall–Kier alpha value is -6.72. The van der Waals surface area contributed by atoms with Gasteiger partial charge in [0.2, 0.25) is 0 Å². The second kappa shape index (κ2) is 9.14. The van der Waals surface area contributed by atoms with Gasteiger partial charge >= 0.3 is 0 Å². The Morgan fingerprint density at radius 2 is 0.974 bits per heavy atom. The summed E-state index contributed by atoms with van der Waals surface area (Å²) in [7, 11) is 0. The van der Waals surface area contributed by atoms with E-state index in [2.05, 4.69) is 41.8 Å². The van der Waals surface area contributed by atoms with E-state index in [0.29, 0.717) is 22.3 Å². The van der Waals surface area contributed by atoms with Gasteiger partial charge in [-0.25, -0.2) is 40.1 Å². The van der Waals surface area contributed by atoms with Crippen LogP contribution in [0.4, 0.5) is 0 Å². The van der Waals surface area contributed by atoms with Crippen LogP contribution in [-0.2, 0) is 0 Å². The van der Waals surface area contributed by atoms with Gasteiger partial charge in [0.15, 0.2) is 11.6 Å². The lowest BCUT2D eigenvalue weighted by atomic mass is 9.93. The van der Waals surface area contributed by atoms with Crippen molar-refractivity contribution < 1.29 is 0 Å². The molecule has 3 aromatic rings. The van der Waals surface area contributed by atoms with E-state index in [9.17, 15) is 21.0 Å². The first-order chi connectivity index (χ1) is 18.6. The van der Waals surface area contributed by atoms with Crippen LogP contribution in [-0.4, -0.2) is 19.9 Å². The molecule has 0 saturated carbocycles. The van der Waals surface area contributed by atoms with Crippen LogP contribution >= 0.6 is 0 Å². The fraction of sp³-hybridized carbons (Fsp3) is 0. The van der Waals surface area contributed by atoms with Crippen LogP contribution < -0.4 is 0 Å². The van der Waals surface area contributed by atoms with Gasteiger partial charge in [0.1, 0.15) is 12.1 Å². The number of nitriles is 4. The van der Waals surface area contributed by atoms with E-state index >= 15 is 0 Å². The summed E-state index contributed by atoms with van der Waals surface area (Å²) in [6.07, 6.45) is 5.92. The van der Waals surface area contributed by atoms with Crippen LogP contribution in [0.3, 0.4) is 0 Å². The highest BCUT2D eigenvalue weighted by atomic mass is 14.9. The Bertz CT molecular complexity index is 1770. The van der Waals surface area contributed by atoms with Crippen molar-refractivity contribution in [3.63, 3.8) is 0 Å². The Morgan fingerprint density at radius 3 is 1.26 bits per heavy atom. The smallest absolute Gasteiger partial charge is 0.237 e. The summed E-state index contributed by atoms with van der Waals surface area (Å²) in [5.74, 6) is 0.298. The largest absolute Gasteiger partial charge is 0.270 e. The van der Waals surface area contributed by atoms with Crippen LogP contribution in [0.2, 0.25) is 0 Å². The molecule has 0 atom stereocenters. The highest BCUT2D eigenvalue weighted by molar-refractivity contribution is 6.28. The highest BCUT2D eigenvalue weighted by Crippen LogP contribution is 2.53. The van der Waals surface area contributed by atoms with Gasteiger partial charge in [-0.05, 0) is 35.4 Å². The van der Waals surface area contributed by atoms with Gasteiger partial charge in [0.05, 0.1) is 36.4 Å². The van der Waals surface area contributed by atoms with Gasteiger partial charge < -0.3 is 0 Å². The van der Waals surface area contributed by atoms with Crippen molar-refractivity contribution in [2.45, 2.75) is 0 Å². The fourth-order valence-electron chi connectivity index (χ4n) is 4.52. The normalized spacial score (nSPS) is 15.6. The monoisotopic (exact) mass is 484 g/mol.